The molecule has 8 heteroatoms. The summed E-state index contributed by atoms with van der Waals surface area (Å²) in [6, 6.07) is 6.95. The third-order valence-corrected chi connectivity index (χ3v) is 4.56. The first-order chi connectivity index (χ1) is 9.46. The number of aryl methyl sites for hydroxylation is 1. The Morgan fingerprint density at radius 2 is 2.15 bits per heavy atom. The first-order valence-electron chi connectivity index (χ1n) is 5.86. The van der Waals surface area contributed by atoms with Crippen molar-refractivity contribution in [3.8, 4) is 5.75 Å². The van der Waals surface area contributed by atoms with E-state index < -0.39 is 10.0 Å². The number of para-hydroxylation sites is 2. The van der Waals surface area contributed by atoms with Crippen LogP contribution in [0.2, 0.25) is 0 Å². The van der Waals surface area contributed by atoms with Crippen LogP contribution in [0.3, 0.4) is 0 Å². The summed E-state index contributed by atoms with van der Waals surface area (Å²) < 4.78 is 31.4. The second-order valence-corrected chi connectivity index (χ2v) is 7.16. The second kappa shape index (κ2) is 6.10. The standard InChI is InChI=1S/C12H15N3O3S2/c1-9-8-14-12(19-9)15-20(16,17)7-6-18-11-5-3-2-4-10(11)13/h2-5,8H,6-7,13H2,1H3,(H,14,15). The summed E-state index contributed by atoms with van der Waals surface area (Å²) in [5.41, 5.74) is 6.18. The van der Waals surface area contributed by atoms with Crippen molar-refractivity contribution in [3.63, 3.8) is 0 Å². The fourth-order valence-corrected chi connectivity index (χ4v) is 3.25. The number of ether oxygens (including phenoxy) is 1. The van der Waals surface area contributed by atoms with E-state index in [1.165, 1.54) is 11.3 Å². The van der Waals surface area contributed by atoms with Gasteiger partial charge in [0.25, 0.3) is 0 Å². The first kappa shape index (κ1) is 14.6. The van der Waals surface area contributed by atoms with E-state index in [4.69, 9.17) is 10.5 Å². The summed E-state index contributed by atoms with van der Waals surface area (Å²) in [6.07, 6.45) is 1.61. The fraction of sp³-hybridized carbons (Fsp3) is 0.250. The van der Waals surface area contributed by atoms with Gasteiger partial charge in [-0.1, -0.05) is 12.1 Å². The van der Waals surface area contributed by atoms with Crippen LogP contribution in [0.15, 0.2) is 30.5 Å². The topological polar surface area (TPSA) is 94.3 Å². The van der Waals surface area contributed by atoms with Gasteiger partial charge < -0.3 is 10.5 Å². The van der Waals surface area contributed by atoms with E-state index in [1.807, 2.05) is 6.92 Å². The van der Waals surface area contributed by atoms with Crippen molar-refractivity contribution in [2.24, 2.45) is 0 Å². The molecule has 0 saturated heterocycles. The van der Waals surface area contributed by atoms with E-state index in [-0.39, 0.29) is 12.4 Å². The van der Waals surface area contributed by atoms with E-state index >= 15 is 0 Å². The number of thiazole rings is 1. The van der Waals surface area contributed by atoms with Gasteiger partial charge in [-0.2, -0.15) is 0 Å². The number of nitrogen functional groups attached to an aromatic ring is 1. The molecule has 0 unspecified atom stereocenters. The molecule has 0 aliphatic heterocycles. The van der Waals surface area contributed by atoms with Gasteiger partial charge in [0.2, 0.25) is 10.0 Å². The van der Waals surface area contributed by atoms with Crippen LogP contribution in [0, 0.1) is 6.92 Å². The summed E-state index contributed by atoms with van der Waals surface area (Å²) in [5.74, 6) is 0.313. The Hall–Kier alpha value is -1.80. The predicted molar refractivity (Wildman–Crippen MR) is 80.6 cm³/mol. The lowest BCUT2D eigenvalue weighted by atomic mass is 10.3. The van der Waals surface area contributed by atoms with Gasteiger partial charge in [-0.15, -0.1) is 11.3 Å². The second-order valence-electron chi connectivity index (χ2n) is 4.08. The molecule has 0 saturated carbocycles. The van der Waals surface area contributed by atoms with E-state index in [2.05, 4.69) is 9.71 Å². The minimum absolute atomic E-state index is 0.0217. The number of anilines is 2. The number of sulfonamides is 1. The Balaban J connectivity index is 1.88. The molecule has 0 spiro atoms. The van der Waals surface area contributed by atoms with Crippen LogP contribution in [0.5, 0.6) is 5.75 Å². The molecule has 1 heterocycles. The monoisotopic (exact) mass is 313 g/mol. The van der Waals surface area contributed by atoms with Crippen molar-refractivity contribution in [1.29, 1.82) is 0 Å². The van der Waals surface area contributed by atoms with Crippen molar-refractivity contribution < 1.29 is 13.2 Å². The highest BCUT2D eigenvalue weighted by molar-refractivity contribution is 7.92. The zero-order chi connectivity index (χ0) is 14.6. The summed E-state index contributed by atoms with van der Waals surface area (Å²) in [7, 11) is -3.47. The molecule has 2 rings (SSSR count). The molecule has 0 amide bonds. The molecular formula is C12H15N3O3S2. The summed E-state index contributed by atoms with van der Waals surface area (Å²) in [4.78, 5) is 4.89. The van der Waals surface area contributed by atoms with Gasteiger partial charge in [-0.05, 0) is 19.1 Å². The number of hydrogen-bond acceptors (Lipinski definition) is 6. The van der Waals surface area contributed by atoms with Crippen molar-refractivity contribution >= 4 is 32.2 Å². The molecule has 108 valence electrons. The van der Waals surface area contributed by atoms with Gasteiger partial charge in [0, 0.05) is 11.1 Å². The molecule has 1 aromatic carbocycles. The van der Waals surface area contributed by atoms with Gasteiger partial charge >= 0.3 is 0 Å². The van der Waals surface area contributed by atoms with Crippen LogP contribution in [0.4, 0.5) is 10.8 Å². The van der Waals surface area contributed by atoms with Gasteiger partial charge in [-0.25, -0.2) is 13.4 Å². The minimum Gasteiger partial charge on any atom is -0.490 e. The quantitative estimate of drug-likeness (QED) is 0.794. The van der Waals surface area contributed by atoms with Gasteiger partial charge in [0.1, 0.15) is 18.1 Å². The number of aromatic nitrogens is 1. The van der Waals surface area contributed by atoms with Crippen LogP contribution >= 0.6 is 11.3 Å². The van der Waals surface area contributed by atoms with Crippen LogP contribution in [0.25, 0.3) is 0 Å². The number of nitrogens with zero attached hydrogens (tertiary/aromatic N) is 1. The molecule has 0 radical (unpaired) electrons. The number of benzene rings is 1. The zero-order valence-electron chi connectivity index (χ0n) is 10.9. The number of nitrogens with one attached hydrogen (secondary N) is 1. The molecule has 0 fully saturated rings. The molecular weight excluding hydrogens is 298 g/mol. The predicted octanol–water partition coefficient (Wildman–Crippen LogP) is 1.85. The van der Waals surface area contributed by atoms with Crippen molar-refractivity contribution in [1.82, 2.24) is 4.98 Å². The third-order valence-electron chi connectivity index (χ3n) is 2.39. The maximum Gasteiger partial charge on any atom is 0.237 e. The van der Waals surface area contributed by atoms with Crippen molar-refractivity contribution in [2.45, 2.75) is 6.92 Å². The van der Waals surface area contributed by atoms with Crippen molar-refractivity contribution in [3.05, 3.63) is 35.3 Å². The molecule has 0 aliphatic rings. The highest BCUT2D eigenvalue weighted by Gasteiger charge is 2.13. The fourth-order valence-electron chi connectivity index (χ4n) is 1.46. The lowest BCUT2D eigenvalue weighted by Crippen LogP contribution is -2.21. The number of nitrogens with two attached hydrogens (primary N) is 1. The Labute approximate surface area is 121 Å². The normalized spacial score (nSPS) is 11.2. The van der Waals surface area contributed by atoms with Gasteiger partial charge in [0.05, 0.1) is 5.69 Å². The summed E-state index contributed by atoms with van der Waals surface area (Å²) in [6.45, 7) is 1.88. The van der Waals surface area contributed by atoms with Crippen molar-refractivity contribution in [2.75, 3.05) is 22.8 Å². The lowest BCUT2D eigenvalue weighted by molar-refractivity contribution is 0.343. The molecule has 0 atom stereocenters. The molecule has 2 aromatic rings. The molecule has 0 bridgehead atoms. The molecule has 20 heavy (non-hydrogen) atoms. The maximum absolute atomic E-state index is 11.8. The van der Waals surface area contributed by atoms with E-state index in [1.54, 1.807) is 30.5 Å². The van der Waals surface area contributed by atoms with Crippen LogP contribution < -0.4 is 15.2 Å². The summed E-state index contributed by atoms with van der Waals surface area (Å²) >= 11 is 1.28. The highest BCUT2D eigenvalue weighted by atomic mass is 32.2. The Morgan fingerprint density at radius 3 is 2.80 bits per heavy atom. The molecule has 6 nitrogen and oxygen atoms in total. The number of rotatable bonds is 6. The average Bonchev–Trinajstić information content (AvgIpc) is 2.76. The van der Waals surface area contributed by atoms with Gasteiger partial charge in [0.15, 0.2) is 5.13 Å². The Kier molecular flexibility index (Phi) is 4.46. The molecule has 3 N–H and O–H groups in total. The molecule has 1 aromatic heterocycles. The maximum atomic E-state index is 11.8. The lowest BCUT2D eigenvalue weighted by Gasteiger charge is -2.09. The van der Waals surface area contributed by atoms with Gasteiger partial charge in [-0.3, -0.25) is 4.72 Å². The number of hydrogen-bond donors (Lipinski definition) is 2. The Bertz CT molecular complexity index is 683. The summed E-state index contributed by atoms with van der Waals surface area (Å²) in [5, 5.41) is 0.363. The minimum atomic E-state index is -3.47. The smallest absolute Gasteiger partial charge is 0.237 e. The van der Waals surface area contributed by atoms with E-state index in [9.17, 15) is 8.42 Å². The van der Waals surface area contributed by atoms with Crippen LogP contribution in [-0.2, 0) is 10.0 Å². The Morgan fingerprint density at radius 1 is 1.40 bits per heavy atom. The zero-order valence-corrected chi connectivity index (χ0v) is 12.5. The largest absolute Gasteiger partial charge is 0.490 e. The highest BCUT2D eigenvalue weighted by Crippen LogP contribution is 2.20. The average molecular weight is 313 g/mol. The van der Waals surface area contributed by atoms with Crippen LogP contribution in [0.1, 0.15) is 4.88 Å². The molecule has 0 aliphatic carbocycles. The third kappa shape index (κ3) is 4.10. The van der Waals surface area contributed by atoms with E-state index in [0.29, 0.717) is 16.6 Å². The SMILES string of the molecule is Cc1cnc(NS(=O)(=O)CCOc2ccccc2N)s1. The van der Waals surface area contributed by atoms with Crippen LogP contribution in [-0.4, -0.2) is 25.8 Å². The first-order valence-corrected chi connectivity index (χ1v) is 8.33. The van der Waals surface area contributed by atoms with E-state index in [0.717, 1.165) is 4.88 Å².